The molecule has 0 bridgehead atoms. The fourth-order valence-electron chi connectivity index (χ4n) is 9.43. The van der Waals surface area contributed by atoms with Crippen molar-refractivity contribution in [3.63, 3.8) is 0 Å². The highest BCUT2D eigenvalue weighted by Crippen LogP contribution is 2.44. The fourth-order valence-corrected chi connectivity index (χ4v) is 10.7. The van der Waals surface area contributed by atoms with Crippen molar-refractivity contribution < 1.29 is 0 Å². The van der Waals surface area contributed by atoms with Crippen molar-refractivity contribution in [1.82, 2.24) is 4.58 Å². The first-order valence-electron chi connectivity index (χ1n) is 19.6. The Morgan fingerprint density at radius 3 is 1.86 bits per heavy atom. The first-order valence-corrected chi connectivity index (χ1v) is 20.5. The van der Waals surface area contributed by atoms with E-state index in [0.717, 1.165) is 17.1 Å². The molecule has 0 saturated heterocycles. The van der Waals surface area contributed by atoms with Gasteiger partial charge in [-0.3, -0.25) is 0 Å². The van der Waals surface area contributed by atoms with Crippen LogP contribution in [0.3, 0.4) is 0 Å². The zero-order chi connectivity index (χ0) is 37.5. The second kappa shape index (κ2) is 12.7. The number of fused-ring (bicyclic) bond motifs is 9. The number of allylic oxidation sites excluding steroid dienone is 2. The lowest BCUT2D eigenvalue weighted by Crippen LogP contribution is -2.44. The maximum absolute atomic E-state index is 2.53. The van der Waals surface area contributed by atoms with Gasteiger partial charge in [0.05, 0.1) is 0 Å². The molecule has 0 radical (unpaired) electrons. The molecule has 8 aromatic carbocycles. The van der Waals surface area contributed by atoms with E-state index in [9.17, 15) is 0 Å². The number of anilines is 2. The van der Waals surface area contributed by atoms with E-state index in [-0.39, 0.29) is 6.04 Å². The van der Waals surface area contributed by atoms with Gasteiger partial charge in [-0.25, -0.2) is 0 Å². The van der Waals surface area contributed by atoms with Gasteiger partial charge in [0, 0.05) is 50.1 Å². The van der Waals surface area contributed by atoms with E-state index in [1.54, 1.807) is 0 Å². The van der Waals surface area contributed by atoms with Gasteiger partial charge in [0.15, 0.2) is 0 Å². The van der Waals surface area contributed by atoms with E-state index >= 15 is 0 Å². The second-order valence-electron chi connectivity index (χ2n) is 15.0. The summed E-state index contributed by atoms with van der Waals surface area (Å²) in [4.78, 5) is 2.53. The van der Waals surface area contributed by atoms with Gasteiger partial charge in [-0.2, -0.15) is 4.58 Å². The van der Waals surface area contributed by atoms with E-state index in [0.29, 0.717) is 0 Å². The van der Waals surface area contributed by atoms with Crippen molar-refractivity contribution in [3.8, 4) is 11.1 Å². The third kappa shape index (κ3) is 4.92. The second-order valence-corrected chi connectivity index (χ2v) is 16.1. The SMILES string of the molecule is C1=CC2=[N+](c3ccccc3)c3cc4c(cc3N(c3ccccc3)C2C=C1)=c1ccc(-c2cccc3c2sc2ccccc23)cc1=c1ccccc1=c1ccccc1=4. The van der Waals surface area contributed by atoms with E-state index in [2.05, 4.69) is 216 Å². The minimum absolute atomic E-state index is 0.00775. The van der Waals surface area contributed by atoms with Gasteiger partial charge in [-0.05, 0) is 83.2 Å². The Kier molecular flexibility index (Phi) is 7.20. The van der Waals surface area contributed by atoms with Crippen molar-refractivity contribution in [3.05, 3.63) is 248 Å². The average Bonchev–Trinajstić information content (AvgIpc) is 3.67. The molecule has 2 heterocycles. The van der Waals surface area contributed by atoms with Crippen LogP contribution in [0.2, 0.25) is 0 Å². The van der Waals surface area contributed by atoms with Crippen LogP contribution in [-0.4, -0.2) is 11.8 Å². The lowest BCUT2D eigenvalue weighted by atomic mass is 9.94. The number of thiophene rings is 1. The molecule has 9 aromatic rings. The maximum atomic E-state index is 2.53. The molecular weight excluding hydrogens is 709 g/mol. The zero-order valence-corrected chi connectivity index (χ0v) is 31.8. The van der Waals surface area contributed by atoms with Gasteiger partial charge >= 0.3 is 0 Å². The van der Waals surface area contributed by atoms with Crippen LogP contribution >= 0.6 is 11.3 Å². The van der Waals surface area contributed by atoms with Gasteiger partial charge < -0.3 is 4.90 Å². The van der Waals surface area contributed by atoms with Crippen LogP contribution in [0.15, 0.2) is 206 Å². The third-order valence-corrected chi connectivity index (χ3v) is 13.1. The summed E-state index contributed by atoms with van der Waals surface area (Å²) in [5, 5.41) is 12.5. The molecule has 0 amide bonds. The molecule has 1 aliphatic heterocycles. The van der Waals surface area contributed by atoms with Crippen molar-refractivity contribution in [2.75, 3.05) is 4.90 Å². The molecule has 3 aliphatic rings. The number of hydrogen-bond donors (Lipinski definition) is 0. The normalized spacial score (nSPS) is 14.9. The number of benzene rings is 8. The topological polar surface area (TPSA) is 6.25 Å². The van der Waals surface area contributed by atoms with Crippen LogP contribution in [0.5, 0.6) is 0 Å². The quantitative estimate of drug-likeness (QED) is 0.163. The average molecular weight is 744 g/mol. The Bertz CT molecular complexity index is 3640. The smallest absolute Gasteiger partial charge is 0.235 e. The molecule has 2 aliphatic carbocycles. The number of para-hydroxylation sites is 2. The fraction of sp³-hybridized carbons (Fsp3) is 0.0185. The van der Waals surface area contributed by atoms with Crippen LogP contribution in [0.1, 0.15) is 0 Å². The lowest BCUT2D eigenvalue weighted by Gasteiger charge is -2.35. The van der Waals surface area contributed by atoms with Crippen molar-refractivity contribution in [2.45, 2.75) is 6.04 Å². The number of nitrogens with zero attached hydrogens (tertiary/aromatic N) is 2. The summed E-state index contributed by atoms with van der Waals surface area (Å²) in [6.45, 7) is 0. The van der Waals surface area contributed by atoms with Crippen molar-refractivity contribution in [1.29, 1.82) is 0 Å². The Morgan fingerprint density at radius 2 is 1.09 bits per heavy atom. The van der Waals surface area contributed by atoms with Gasteiger partial charge in [-0.1, -0.05) is 152 Å². The van der Waals surface area contributed by atoms with E-state index in [1.165, 1.54) is 84.4 Å². The van der Waals surface area contributed by atoms with Crippen molar-refractivity contribution >= 4 is 60.0 Å². The summed E-state index contributed by atoms with van der Waals surface area (Å²) >= 11 is 1.89. The minimum atomic E-state index is 0.00775. The molecule has 0 fully saturated rings. The molecule has 2 nitrogen and oxygen atoms in total. The van der Waals surface area contributed by atoms with Crippen LogP contribution in [0.4, 0.5) is 22.7 Å². The molecule has 1 atom stereocenters. The molecule has 3 heteroatoms. The van der Waals surface area contributed by atoms with Gasteiger partial charge in [0.2, 0.25) is 17.1 Å². The molecular formula is C54H35N2S+. The summed E-state index contributed by atoms with van der Waals surface area (Å²) in [7, 11) is 0. The van der Waals surface area contributed by atoms with Crippen LogP contribution in [-0.2, 0) is 0 Å². The van der Waals surface area contributed by atoms with Crippen LogP contribution < -0.4 is 9.48 Å². The van der Waals surface area contributed by atoms with Gasteiger partial charge in [-0.15, -0.1) is 11.3 Å². The van der Waals surface area contributed by atoms with E-state index < -0.39 is 0 Å². The first-order chi connectivity index (χ1) is 28.3. The Labute approximate surface area is 333 Å². The lowest BCUT2D eigenvalue weighted by molar-refractivity contribution is 0.894. The summed E-state index contributed by atoms with van der Waals surface area (Å²) in [5.74, 6) is 0. The summed E-state index contributed by atoms with van der Waals surface area (Å²) in [5.41, 5.74) is 8.38. The molecule has 0 spiro atoms. The van der Waals surface area contributed by atoms with Gasteiger partial charge in [0.25, 0.3) is 0 Å². The van der Waals surface area contributed by atoms with E-state index in [1.807, 2.05) is 11.3 Å². The molecule has 57 heavy (non-hydrogen) atoms. The summed E-state index contributed by atoms with van der Waals surface area (Å²) < 4.78 is 5.13. The molecule has 0 saturated carbocycles. The minimum Gasteiger partial charge on any atom is -0.319 e. The summed E-state index contributed by atoms with van der Waals surface area (Å²) in [6, 6.07) is 67.4. The number of rotatable bonds is 3. The molecule has 1 unspecified atom stereocenters. The molecule has 0 N–H and O–H groups in total. The monoisotopic (exact) mass is 743 g/mol. The predicted molar refractivity (Wildman–Crippen MR) is 238 cm³/mol. The largest absolute Gasteiger partial charge is 0.319 e. The molecule has 1 aromatic heterocycles. The van der Waals surface area contributed by atoms with Crippen molar-refractivity contribution in [2.24, 2.45) is 0 Å². The molecule has 266 valence electrons. The maximum Gasteiger partial charge on any atom is 0.235 e. The Hall–Kier alpha value is -7.07. The van der Waals surface area contributed by atoms with Gasteiger partial charge in [0.1, 0.15) is 11.7 Å². The highest BCUT2D eigenvalue weighted by molar-refractivity contribution is 7.26. The summed E-state index contributed by atoms with van der Waals surface area (Å²) in [6.07, 6.45) is 8.97. The van der Waals surface area contributed by atoms with Crippen LogP contribution in [0, 0.1) is 41.7 Å². The van der Waals surface area contributed by atoms with E-state index in [4.69, 9.17) is 0 Å². The standard InChI is InChI=1S/C54H35N2S/c1-3-16-36(17-4-1)55-49-27-12-13-28-50(49)56(37-18-5-2-6-19-37)52-34-48-43-31-30-35(38-25-15-26-45-44-24-11-14-29-53(44)57-54(38)45)32-46(43)41-22-9-7-20-39(41)40-21-8-10-23-42(40)47(48)33-51(52)55/h1-34,50H/q+1. The first kappa shape index (κ1) is 32.2. The predicted octanol–water partition coefficient (Wildman–Crippen LogP) is 13.1. The molecule has 12 rings (SSSR count). The third-order valence-electron chi connectivity index (χ3n) is 11.9. The zero-order valence-electron chi connectivity index (χ0n) is 31.0. The Balaban J connectivity index is 1.29. The van der Waals surface area contributed by atoms with Crippen LogP contribution in [0.25, 0.3) is 31.3 Å². The highest BCUT2D eigenvalue weighted by atomic mass is 32.1. The Morgan fingerprint density at radius 1 is 0.474 bits per heavy atom. The highest BCUT2D eigenvalue weighted by Gasteiger charge is 2.40. The number of hydrogen-bond acceptors (Lipinski definition) is 2.